The van der Waals surface area contributed by atoms with Crippen molar-refractivity contribution < 1.29 is 19.8 Å². The van der Waals surface area contributed by atoms with Gasteiger partial charge in [-0.05, 0) is 19.4 Å². The molecule has 0 aliphatic heterocycles. The lowest BCUT2D eigenvalue weighted by atomic mass is 9.70. The van der Waals surface area contributed by atoms with Crippen LogP contribution in [0.2, 0.25) is 0 Å². The highest BCUT2D eigenvalue weighted by Gasteiger charge is 2.43. The van der Waals surface area contributed by atoms with Crippen LogP contribution in [-0.2, 0) is 9.59 Å². The van der Waals surface area contributed by atoms with Gasteiger partial charge in [-0.15, -0.1) is 0 Å². The fraction of sp³-hybridized carbons (Fsp3) is 0.455. The number of hydrogen-bond acceptors (Lipinski definition) is 3. The molecule has 0 amide bonds. The number of carbonyl (C=O) groups is 2. The van der Waals surface area contributed by atoms with E-state index in [2.05, 4.69) is 0 Å². The predicted octanol–water partition coefficient (Wildman–Crippen LogP) is 1.11. The molecule has 4 N–H and O–H groups in total. The highest BCUT2D eigenvalue weighted by molar-refractivity contribution is 5.91. The van der Waals surface area contributed by atoms with Crippen molar-refractivity contribution in [2.24, 2.45) is 11.1 Å². The molecule has 1 aliphatic carbocycles. The molecule has 0 aromatic rings. The van der Waals surface area contributed by atoms with Crippen molar-refractivity contribution in [3.8, 4) is 0 Å². The van der Waals surface area contributed by atoms with Gasteiger partial charge in [-0.3, -0.25) is 4.79 Å². The van der Waals surface area contributed by atoms with E-state index in [1.807, 2.05) is 0 Å². The average Bonchev–Trinajstić information content (AvgIpc) is 2.17. The number of allylic oxidation sites excluding steroid dienone is 1. The summed E-state index contributed by atoms with van der Waals surface area (Å²) in [6.07, 6.45) is 1.74. The molecule has 5 heteroatoms. The third-order valence-electron chi connectivity index (χ3n) is 3.22. The maximum Gasteiger partial charge on any atom is 0.333 e. The number of hydrogen-bond donors (Lipinski definition) is 3. The van der Waals surface area contributed by atoms with Gasteiger partial charge in [0.15, 0.2) is 0 Å². The van der Waals surface area contributed by atoms with Gasteiger partial charge in [0.1, 0.15) is 0 Å². The van der Waals surface area contributed by atoms with E-state index in [0.717, 1.165) is 0 Å². The minimum absolute atomic E-state index is 0.0187. The Balaban J connectivity index is 3.29. The Kier molecular flexibility index (Phi) is 3.07. The summed E-state index contributed by atoms with van der Waals surface area (Å²) in [4.78, 5) is 22.2. The Labute approximate surface area is 93.3 Å². The largest absolute Gasteiger partial charge is 0.481 e. The summed E-state index contributed by atoms with van der Waals surface area (Å²) in [5.74, 6) is -2.16. The van der Waals surface area contributed by atoms with Gasteiger partial charge >= 0.3 is 11.9 Å². The van der Waals surface area contributed by atoms with E-state index in [9.17, 15) is 14.7 Å². The highest BCUT2D eigenvalue weighted by atomic mass is 16.4. The second-order valence-corrected chi connectivity index (χ2v) is 3.98. The molecule has 0 saturated heterocycles. The van der Waals surface area contributed by atoms with Crippen LogP contribution >= 0.6 is 0 Å². The molecule has 5 nitrogen and oxygen atoms in total. The van der Waals surface area contributed by atoms with E-state index >= 15 is 0 Å². The normalized spacial score (nSPS) is 25.2. The smallest absolute Gasteiger partial charge is 0.333 e. The van der Waals surface area contributed by atoms with Crippen molar-refractivity contribution in [3.05, 3.63) is 22.9 Å². The number of nitrogens with two attached hydrogens (primary N) is 1. The van der Waals surface area contributed by atoms with Gasteiger partial charge in [-0.1, -0.05) is 12.5 Å². The van der Waals surface area contributed by atoms with Crippen molar-refractivity contribution in [1.29, 1.82) is 0 Å². The molecule has 0 heterocycles. The highest BCUT2D eigenvalue weighted by Crippen LogP contribution is 2.42. The molecule has 0 spiro atoms. The van der Waals surface area contributed by atoms with Gasteiger partial charge in [0.25, 0.3) is 0 Å². The first-order chi connectivity index (χ1) is 7.35. The minimum atomic E-state index is -1.15. The van der Waals surface area contributed by atoms with Crippen molar-refractivity contribution in [2.75, 3.05) is 0 Å². The molecule has 1 unspecified atom stereocenters. The SMILES string of the molecule is CCC1(C(=O)O)CC(C(=O)O)=C(N)C=C1C. The van der Waals surface area contributed by atoms with Crippen LogP contribution in [-0.4, -0.2) is 22.2 Å². The fourth-order valence-electron chi connectivity index (χ4n) is 2.00. The molecule has 0 fully saturated rings. The van der Waals surface area contributed by atoms with Crippen molar-refractivity contribution in [1.82, 2.24) is 0 Å². The van der Waals surface area contributed by atoms with E-state index in [4.69, 9.17) is 10.8 Å². The van der Waals surface area contributed by atoms with E-state index in [0.29, 0.717) is 12.0 Å². The summed E-state index contributed by atoms with van der Waals surface area (Å²) >= 11 is 0. The van der Waals surface area contributed by atoms with Crippen LogP contribution in [0.5, 0.6) is 0 Å². The van der Waals surface area contributed by atoms with Gasteiger partial charge in [0.2, 0.25) is 0 Å². The summed E-state index contributed by atoms with van der Waals surface area (Å²) < 4.78 is 0. The van der Waals surface area contributed by atoms with E-state index in [1.54, 1.807) is 13.8 Å². The summed E-state index contributed by atoms with van der Waals surface area (Å²) in [6, 6.07) is 0. The Bertz CT molecular complexity index is 408. The second-order valence-electron chi connectivity index (χ2n) is 3.98. The van der Waals surface area contributed by atoms with Crippen molar-refractivity contribution in [2.45, 2.75) is 26.7 Å². The van der Waals surface area contributed by atoms with Crippen LogP contribution in [0.3, 0.4) is 0 Å². The molecule has 1 rings (SSSR count). The molecule has 0 saturated carbocycles. The molecule has 0 aromatic heterocycles. The standard InChI is InChI=1S/C11H15NO4/c1-3-11(10(15)16)5-7(9(13)14)8(12)4-6(11)2/h4H,3,5,12H2,1-2H3,(H,13,14)(H,15,16). The van der Waals surface area contributed by atoms with Gasteiger partial charge < -0.3 is 15.9 Å². The predicted molar refractivity (Wildman–Crippen MR) is 57.6 cm³/mol. The number of carboxylic acid groups (broad SMARTS) is 2. The topological polar surface area (TPSA) is 101 Å². The zero-order valence-electron chi connectivity index (χ0n) is 9.28. The van der Waals surface area contributed by atoms with E-state index < -0.39 is 17.4 Å². The summed E-state index contributed by atoms with van der Waals surface area (Å²) in [7, 11) is 0. The molecule has 0 aromatic carbocycles. The quantitative estimate of drug-likeness (QED) is 0.668. The monoisotopic (exact) mass is 225 g/mol. The summed E-state index contributed by atoms with van der Waals surface area (Å²) in [5.41, 5.74) is 5.18. The van der Waals surface area contributed by atoms with Crippen molar-refractivity contribution >= 4 is 11.9 Å². The maximum atomic E-state index is 11.3. The average molecular weight is 225 g/mol. The lowest BCUT2D eigenvalue weighted by Crippen LogP contribution is -2.36. The van der Waals surface area contributed by atoms with Gasteiger partial charge in [-0.25, -0.2) is 4.79 Å². The summed E-state index contributed by atoms with van der Waals surface area (Å²) in [6.45, 7) is 3.40. The first kappa shape index (κ1) is 12.3. The van der Waals surface area contributed by atoms with Crippen LogP contribution in [0.15, 0.2) is 22.9 Å². The van der Waals surface area contributed by atoms with Gasteiger partial charge in [0, 0.05) is 12.1 Å². The zero-order chi connectivity index (χ0) is 12.5. The molecular formula is C11H15NO4. The lowest BCUT2D eigenvalue weighted by Gasteiger charge is -2.33. The van der Waals surface area contributed by atoms with Gasteiger partial charge in [0.05, 0.1) is 11.0 Å². The van der Waals surface area contributed by atoms with Gasteiger partial charge in [-0.2, -0.15) is 0 Å². The number of aliphatic carboxylic acids is 2. The Morgan fingerprint density at radius 1 is 1.50 bits per heavy atom. The molecule has 88 valence electrons. The van der Waals surface area contributed by atoms with Crippen LogP contribution < -0.4 is 5.73 Å². The Morgan fingerprint density at radius 3 is 2.44 bits per heavy atom. The third kappa shape index (κ3) is 1.68. The van der Waals surface area contributed by atoms with Crippen LogP contribution in [0, 0.1) is 5.41 Å². The molecular weight excluding hydrogens is 210 g/mol. The minimum Gasteiger partial charge on any atom is -0.481 e. The number of rotatable bonds is 3. The fourth-order valence-corrected chi connectivity index (χ4v) is 2.00. The van der Waals surface area contributed by atoms with E-state index in [-0.39, 0.29) is 17.7 Å². The lowest BCUT2D eigenvalue weighted by molar-refractivity contribution is -0.147. The molecule has 0 radical (unpaired) electrons. The first-order valence-corrected chi connectivity index (χ1v) is 4.99. The van der Waals surface area contributed by atoms with Crippen LogP contribution in [0.1, 0.15) is 26.7 Å². The molecule has 1 atom stereocenters. The zero-order valence-corrected chi connectivity index (χ0v) is 9.28. The summed E-state index contributed by atoms with van der Waals surface area (Å²) in [5, 5.41) is 18.2. The van der Waals surface area contributed by atoms with Crippen LogP contribution in [0.4, 0.5) is 0 Å². The maximum absolute atomic E-state index is 11.3. The second kappa shape index (κ2) is 4.00. The first-order valence-electron chi connectivity index (χ1n) is 4.99. The van der Waals surface area contributed by atoms with Crippen LogP contribution in [0.25, 0.3) is 0 Å². The Hall–Kier alpha value is -1.78. The molecule has 0 bridgehead atoms. The molecule has 16 heavy (non-hydrogen) atoms. The molecule has 1 aliphatic rings. The van der Waals surface area contributed by atoms with Crippen molar-refractivity contribution in [3.63, 3.8) is 0 Å². The third-order valence-corrected chi connectivity index (χ3v) is 3.22. The number of carboxylic acids is 2. The Morgan fingerprint density at radius 2 is 2.06 bits per heavy atom. The van der Waals surface area contributed by atoms with E-state index in [1.165, 1.54) is 6.08 Å².